The van der Waals surface area contributed by atoms with E-state index in [-0.39, 0.29) is 5.91 Å². The van der Waals surface area contributed by atoms with Crippen LogP contribution in [0.5, 0.6) is 11.5 Å². The van der Waals surface area contributed by atoms with E-state index in [0.717, 1.165) is 0 Å². The number of rotatable bonds is 6. The summed E-state index contributed by atoms with van der Waals surface area (Å²) in [6.07, 6.45) is 1.58. The van der Waals surface area contributed by atoms with Crippen molar-refractivity contribution in [3.63, 3.8) is 0 Å². The highest BCUT2D eigenvalue weighted by Crippen LogP contribution is 2.28. The Morgan fingerprint density at radius 2 is 1.82 bits per heavy atom. The maximum absolute atomic E-state index is 12.4. The quantitative estimate of drug-likeness (QED) is 0.678. The zero-order valence-corrected chi connectivity index (χ0v) is 15.4. The van der Waals surface area contributed by atoms with E-state index >= 15 is 0 Å². The lowest BCUT2D eigenvalue weighted by Crippen LogP contribution is -2.13. The van der Waals surface area contributed by atoms with Gasteiger partial charge in [-0.15, -0.1) is 0 Å². The summed E-state index contributed by atoms with van der Waals surface area (Å²) in [4.78, 5) is 16.7. The molecule has 0 aliphatic rings. The minimum atomic E-state index is -0.316. The van der Waals surface area contributed by atoms with E-state index in [1.807, 2.05) is 12.1 Å². The van der Waals surface area contributed by atoms with Gasteiger partial charge in [-0.2, -0.15) is 5.26 Å². The molecule has 140 valence electrons. The molecule has 0 aliphatic heterocycles. The topological polar surface area (TPSA) is 96.3 Å². The molecule has 0 unspecified atom stereocenters. The first-order chi connectivity index (χ1) is 13.6. The average molecular weight is 374 g/mol. The monoisotopic (exact) mass is 374 g/mol. The Hall–Kier alpha value is -4.05. The van der Waals surface area contributed by atoms with Gasteiger partial charge in [-0.05, 0) is 42.5 Å². The number of nitrogens with one attached hydrogen (secondary N) is 2. The lowest BCUT2D eigenvalue weighted by Gasteiger charge is -2.11. The minimum absolute atomic E-state index is 0.316. The number of benzene rings is 2. The first-order valence-corrected chi connectivity index (χ1v) is 8.40. The second kappa shape index (κ2) is 8.56. The number of aromatic nitrogens is 1. The molecule has 0 fully saturated rings. The van der Waals surface area contributed by atoms with Crippen molar-refractivity contribution in [3.05, 3.63) is 71.9 Å². The molecular weight excluding hydrogens is 356 g/mol. The molecule has 0 saturated heterocycles. The molecule has 2 aromatic carbocycles. The number of nitrogens with zero attached hydrogens (tertiary/aromatic N) is 2. The maximum Gasteiger partial charge on any atom is 0.256 e. The lowest BCUT2D eigenvalue weighted by atomic mass is 10.2. The van der Waals surface area contributed by atoms with Crippen LogP contribution in [0.2, 0.25) is 0 Å². The van der Waals surface area contributed by atoms with E-state index in [0.29, 0.717) is 39.8 Å². The average Bonchev–Trinajstić information content (AvgIpc) is 2.74. The van der Waals surface area contributed by atoms with Crippen molar-refractivity contribution in [2.75, 3.05) is 24.9 Å². The van der Waals surface area contributed by atoms with Crippen LogP contribution in [0.3, 0.4) is 0 Å². The standard InChI is InChI=1S/C21H18N4O3/c1-27-18-9-7-14(11-19(18)28-2)21(26)25-20-10-8-16(13-23-20)24-17-6-4-3-5-15(17)12-22/h3-11,13,24H,1-2H3,(H,23,25,26). The van der Waals surface area contributed by atoms with E-state index in [9.17, 15) is 4.79 Å². The normalized spacial score (nSPS) is 9.89. The highest BCUT2D eigenvalue weighted by Gasteiger charge is 2.11. The van der Waals surface area contributed by atoms with Crippen LogP contribution in [-0.2, 0) is 0 Å². The van der Waals surface area contributed by atoms with Gasteiger partial charge in [0.15, 0.2) is 11.5 Å². The van der Waals surface area contributed by atoms with E-state index in [4.69, 9.17) is 14.7 Å². The number of hydrogen-bond acceptors (Lipinski definition) is 6. The highest BCUT2D eigenvalue weighted by atomic mass is 16.5. The molecule has 7 nitrogen and oxygen atoms in total. The zero-order chi connectivity index (χ0) is 19.9. The fourth-order valence-electron chi connectivity index (χ4n) is 2.55. The minimum Gasteiger partial charge on any atom is -0.493 e. The Morgan fingerprint density at radius 3 is 2.50 bits per heavy atom. The molecule has 0 radical (unpaired) electrons. The SMILES string of the molecule is COc1ccc(C(=O)Nc2ccc(Nc3ccccc3C#N)cn2)cc1OC. The Balaban J connectivity index is 1.70. The molecule has 1 aromatic heterocycles. The van der Waals surface area contributed by atoms with Gasteiger partial charge in [0.1, 0.15) is 11.9 Å². The molecule has 0 aliphatic carbocycles. The number of para-hydroxylation sites is 1. The Morgan fingerprint density at radius 1 is 1.04 bits per heavy atom. The summed E-state index contributed by atoms with van der Waals surface area (Å²) in [7, 11) is 3.05. The van der Waals surface area contributed by atoms with Crippen molar-refractivity contribution in [3.8, 4) is 17.6 Å². The molecule has 3 aromatic rings. The van der Waals surface area contributed by atoms with Gasteiger partial charge in [0, 0.05) is 5.56 Å². The van der Waals surface area contributed by atoms with Crippen LogP contribution in [0.1, 0.15) is 15.9 Å². The Bertz CT molecular complexity index is 1030. The van der Waals surface area contributed by atoms with Crippen molar-refractivity contribution >= 4 is 23.1 Å². The molecule has 2 N–H and O–H groups in total. The van der Waals surface area contributed by atoms with Crippen LogP contribution < -0.4 is 20.1 Å². The van der Waals surface area contributed by atoms with E-state index < -0.39 is 0 Å². The van der Waals surface area contributed by atoms with Gasteiger partial charge in [-0.3, -0.25) is 4.79 Å². The first-order valence-electron chi connectivity index (χ1n) is 8.40. The highest BCUT2D eigenvalue weighted by molar-refractivity contribution is 6.04. The Labute approximate surface area is 162 Å². The Kier molecular flexibility index (Phi) is 5.72. The molecule has 3 rings (SSSR count). The van der Waals surface area contributed by atoms with E-state index in [2.05, 4.69) is 21.7 Å². The number of amides is 1. The van der Waals surface area contributed by atoms with Crippen LogP contribution in [0.15, 0.2) is 60.8 Å². The zero-order valence-electron chi connectivity index (χ0n) is 15.4. The van der Waals surface area contributed by atoms with Gasteiger partial charge >= 0.3 is 0 Å². The molecule has 0 atom stereocenters. The fraction of sp³-hybridized carbons (Fsp3) is 0.0952. The predicted octanol–water partition coefficient (Wildman–Crippen LogP) is 3.97. The molecule has 0 bridgehead atoms. The molecule has 7 heteroatoms. The van der Waals surface area contributed by atoms with Crippen molar-refractivity contribution in [2.45, 2.75) is 0 Å². The van der Waals surface area contributed by atoms with Gasteiger partial charge in [0.25, 0.3) is 5.91 Å². The van der Waals surface area contributed by atoms with Crippen LogP contribution in [0.4, 0.5) is 17.2 Å². The predicted molar refractivity (Wildman–Crippen MR) is 106 cm³/mol. The third-order valence-electron chi connectivity index (χ3n) is 3.98. The summed E-state index contributed by atoms with van der Waals surface area (Å²) < 4.78 is 10.4. The third kappa shape index (κ3) is 4.19. The second-order valence-corrected chi connectivity index (χ2v) is 5.74. The van der Waals surface area contributed by atoms with Gasteiger partial charge in [0.05, 0.1) is 37.4 Å². The lowest BCUT2D eigenvalue weighted by molar-refractivity contribution is 0.102. The summed E-state index contributed by atoms with van der Waals surface area (Å²) >= 11 is 0. The van der Waals surface area contributed by atoms with Gasteiger partial charge in [0.2, 0.25) is 0 Å². The molecule has 1 heterocycles. The van der Waals surface area contributed by atoms with Gasteiger partial charge in [-0.25, -0.2) is 4.98 Å². The van der Waals surface area contributed by atoms with Crippen molar-refractivity contribution in [1.82, 2.24) is 4.98 Å². The van der Waals surface area contributed by atoms with Gasteiger partial charge in [-0.1, -0.05) is 12.1 Å². The smallest absolute Gasteiger partial charge is 0.256 e. The second-order valence-electron chi connectivity index (χ2n) is 5.74. The maximum atomic E-state index is 12.4. The largest absolute Gasteiger partial charge is 0.493 e. The molecule has 0 saturated carbocycles. The fourth-order valence-corrected chi connectivity index (χ4v) is 2.55. The number of carbonyl (C=O) groups excluding carboxylic acids is 1. The molecular formula is C21H18N4O3. The molecule has 0 spiro atoms. The van der Waals surface area contributed by atoms with Crippen LogP contribution in [0.25, 0.3) is 0 Å². The summed E-state index contributed by atoms with van der Waals surface area (Å²) in [6.45, 7) is 0. The summed E-state index contributed by atoms with van der Waals surface area (Å²) in [5, 5.41) is 15.0. The van der Waals surface area contributed by atoms with Crippen LogP contribution in [0, 0.1) is 11.3 Å². The molecule has 28 heavy (non-hydrogen) atoms. The van der Waals surface area contributed by atoms with Crippen molar-refractivity contribution in [1.29, 1.82) is 5.26 Å². The number of nitriles is 1. The summed E-state index contributed by atoms with van der Waals surface area (Å²) in [5.74, 6) is 1.10. The molecule has 1 amide bonds. The third-order valence-corrected chi connectivity index (χ3v) is 3.98. The summed E-state index contributed by atoms with van der Waals surface area (Å²) in [5.41, 5.74) is 2.35. The number of carbonyl (C=O) groups is 1. The number of hydrogen-bond donors (Lipinski definition) is 2. The number of ether oxygens (including phenoxy) is 2. The number of anilines is 3. The first kappa shape index (κ1) is 18.7. The van der Waals surface area contributed by atoms with E-state index in [1.54, 1.807) is 48.7 Å². The van der Waals surface area contributed by atoms with E-state index in [1.165, 1.54) is 14.2 Å². The van der Waals surface area contributed by atoms with Crippen LogP contribution >= 0.6 is 0 Å². The summed E-state index contributed by atoms with van der Waals surface area (Å²) in [6, 6.07) is 17.7. The van der Waals surface area contributed by atoms with Gasteiger partial charge < -0.3 is 20.1 Å². The number of methoxy groups -OCH3 is 2. The number of pyridine rings is 1. The van der Waals surface area contributed by atoms with Crippen molar-refractivity contribution < 1.29 is 14.3 Å². The van der Waals surface area contributed by atoms with Crippen molar-refractivity contribution in [2.24, 2.45) is 0 Å². The van der Waals surface area contributed by atoms with Crippen LogP contribution in [-0.4, -0.2) is 25.1 Å².